The number of hydrogen-bond donors (Lipinski definition) is 2. The summed E-state index contributed by atoms with van der Waals surface area (Å²) in [6.07, 6.45) is 2.56. The summed E-state index contributed by atoms with van der Waals surface area (Å²) in [6.45, 7) is -0.429. The molecule has 0 saturated heterocycles. The monoisotopic (exact) mass is 288 g/mol. The fourth-order valence-electron chi connectivity index (χ4n) is 1.51. The maximum Gasteiger partial charge on any atom is 0.341 e. The molecular weight excluding hydrogens is 276 g/mol. The molecule has 2 amide bonds. The Bertz CT molecular complexity index is 647. The van der Waals surface area contributed by atoms with Gasteiger partial charge in [-0.05, 0) is 30.3 Å². The second-order valence-corrected chi connectivity index (χ2v) is 4.08. The average Bonchev–Trinajstić information content (AvgIpc) is 2.99. The standard InChI is InChI=1S/C14H12N2O5/c15-13(18)9-1-3-11(4-2-9)16-12(17)8-21-14(19)10-5-6-20-7-10/h1-7H,8H2,(H2,15,18)(H,16,17). The second-order valence-electron chi connectivity index (χ2n) is 4.08. The van der Waals surface area contributed by atoms with E-state index < -0.39 is 24.4 Å². The predicted octanol–water partition coefficient (Wildman–Crippen LogP) is 1.17. The number of hydrogen-bond acceptors (Lipinski definition) is 5. The number of esters is 1. The predicted molar refractivity (Wildman–Crippen MR) is 72.6 cm³/mol. The number of furan rings is 1. The van der Waals surface area contributed by atoms with E-state index in [1.807, 2.05) is 0 Å². The number of carbonyl (C=O) groups excluding carboxylic acids is 3. The topological polar surface area (TPSA) is 112 Å². The molecule has 0 aliphatic heterocycles. The molecule has 1 aromatic carbocycles. The van der Waals surface area contributed by atoms with Gasteiger partial charge in [0.25, 0.3) is 5.91 Å². The number of carbonyl (C=O) groups is 3. The van der Waals surface area contributed by atoms with Crippen LogP contribution in [0.2, 0.25) is 0 Å². The smallest absolute Gasteiger partial charge is 0.341 e. The van der Waals surface area contributed by atoms with Crippen LogP contribution in [0.25, 0.3) is 0 Å². The van der Waals surface area contributed by atoms with Crippen molar-refractivity contribution in [2.75, 3.05) is 11.9 Å². The molecule has 0 radical (unpaired) electrons. The van der Waals surface area contributed by atoms with E-state index >= 15 is 0 Å². The number of nitrogens with two attached hydrogens (primary N) is 1. The molecule has 1 heterocycles. The Labute approximate surface area is 119 Å². The van der Waals surface area contributed by atoms with Crippen LogP contribution in [0, 0.1) is 0 Å². The van der Waals surface area contributed by atoms with E-state index in [4.69, 9.17) is 14.9 Å². The Morgan fingerprint density at radius 3 is 2.38 bits per heavy atom. The van der Waals surface area contributed by atoms with Gasteiger partial charge in [-0.15, -0.1) is 0 Å². The van der Waals surface area contributed by atoms with E-state index in [-0.39, 0.29) is 5.56 Å². The molecule has 0 bridgehead atoms. The lowest BCUT2D eigenvalue weighted by atomic mass is 10.2. The van der Waals surface area contributed by atoms with Crippen LogP contribution in [-0.2, 0) is 9.53 Å². The highest BCUT2D eigenvalue weighted by atomic mass is 16.5. The zero-order valence-corrected chi connectivity index (χ0v) is 10.9. The first-order chi connectivity index (χ1) is 10.1. The third-order valence-corrected chi connectivity index (χ3v) is 2.54. The Morgan fingerprint density at radius 2 is 1.81 bits per heavy atom. The summed E-state index contributed by atoms with van der Waals surface area (Å²) in [5.41, 5.74) is 6.13. The van der Waals surface area contributed by atoms with Crippen molar-refractivity contribution < 1.29 is 23.5 Å². The van der Waals surface area contributed by atoms with Crippen LogP contribution >= 0.6 is 0 Å². The van der Waals surface area contributed by atoms with Crippen LogP contribution < -0.4 is 11.1 Å². The molecule has 0 fully saturated rings. The molecule has 1 aromatic heterocycles. The van der Waals surface area contributed by atoms with Gasteiger partial charge in [0.1, 0.15) is 6.26 Å². The van der Waals surface area contributed by atoms with Crippen molar-refractivity contribution in [3.8, 4) is 0 Å². The van der Waals surface area contributed by atoms with E-state index in [1.165, 1.54) is 42.9 Å². The molecule has 0 aliphatic rings. The first-order valence-electron chi connectivity index (χ1n) is 5.95. The molecule has 0 atom stereocenters. The third kappa shape index (κ3) is 3.93. The summed E-state index contributed by atoms with van der Waals surface area (Å²) in [5.74, 6) is -1.71. The number of nitrogens with one attached hydrogen (secondary N) is 1. The number of benzene rings is 1. The Morgan fingerprint density at radius 1 is 1.10 bits per heavy atom. The van der Waals surface area contributed by atoms with Gasteiger partial charge >= 0.3 is 5.97 Å². The third-order valence-electron chi connectivity index (χ3n) is 2.54. The van der Waals surface area contributed by atoms with Gasteiger partial charge in [-0.25, -0.2) is 4.79 Å². The van der Waals surface area contributed by atoms with Crippen molar-refractivity contribution in [3.63, 3.8) is 0 Å². The van der Waals surface area contributed by atoms with Crippen molar-refractivity contribution in [3.05, 3.63) is 54.0 Å². The lowest BCUT2D eigenvalue weighted by Gasteiger charge is -2.06. The largest absolute Gasteiger partial charge is 0.472 e. The molecule has 2 rings (SSSR count). The van der Waals surface area contributed by atoms with Gasteiger partial charge in [-0.3, -0.25) is 9.59 Å². The van der Waals surface area contributed by atoms with Gasteiger partial charge in [0.15, 0.2) is 6.61 Å². The van der Waals surface area contributed by atoms with Crippen LogP contribution in [0.3, 0.4) is 0 Å². The quantitative estimate of drug-likeness (QED) is 0.802. The Balaban J connectivity index is 1.84. The normalized spacial score (nSPS) is 9.90. The number of amides is 2. The SMILES string of the molecule is NC(=O)c1ccc(NC(=O)COC(=O)c2ccoc2)cc1. The summed E-state index contributed by atoms with van der Waals surface area (Å²) < 4.78 is 9.53. The van der Waals surface area contributed by atoms with E-state index in [0.29, 0.717) is 11.3 Å². The fraction of sp³-hybridized carbons (Fsp3) is 0.0714. The highest BCUT2D eigenvalue weighted by Gasteiger charge is 2.11. The van der Waals surface area contributed by atoms with Gasteiger partial charge in [0, 0.05) is 11.3 Å². The van der Waals surface area contributed by atoms with E-state index in [0.717, 1.165) is 0 Å². The molecule has 108 valence electrons. The summed E-state index contributed by atoms with van der Waals surface area (Å²) in [4.78, 5) is 34.0. The number of ether oxygens (including phenoxy) is 1. The van der Waals surface area contributed by atoms with Crippen LogP contribution in [0.4, 0.5) is 5.69 Å². The second kappa shape index (κ2) is 6.38. The first-order valence-corrected chi connectivity index (χ1v) is 5.95. The molecule has 0 unspecified atom stereocenters. The Kier molecular flexibility index (Phi) is 4.35. The minimum atomic E-state index is -0.650. The first kappa shape index (κ1) is 14.3. The number of primary amides is 1. The maximum absolute atomic E-state index is 11.6. The molecule has 3 N–H and O–H groups in total. The number of rotatable bonds is 5. The molecule has 0 aliphatic carbocycles. The molecule has 7 nitrogen and oxygen atoms in total. The molecule has 0 spiro atoms. The fourth-order valence-corrected chi connectivity index (χ4v) is 1.51. The van der Waals surface area contributed by atoms with Crippen molar-refractivity contribution >= 4 is 23.5 Å². The van der Waals surface area contributed by atoms with E-state index in [1.54, 1.807) is 0 Å². The molecule has 0 saturated carbocycles. The van der Waals surface area contributed by atoms with E-state index in [9.17, 15) is 14.4 Å². The van der Waals surface area contributed by atoms with Gasteiger partial charge in [-0.1, -0.05) is 0 Å². The van der Waals surface area contributed by atoms with Crippen LogP contribution in [0.15, 0.2) is 47.3 Å². The molecule has 21 heavy (non-hydrogen) atoms. The van der Waals surface area contributed by atoms with Gasteiger partial charge in [-0.2, -0.15) is 0 Å². The molecule has 7 heteroatoms. The minimum absolute atomic E-state index is 0.230. The Hall–Kier alpha value is -3.09. The van der Waals surface area contributed by atoms with Gasteiger partial charge in [0.05, 0.1) is 11.8 Å². The molecular formula is C14H12N2O5. The summed E-state index contributed by atoms with van der Waals surface area (Å²) in [5, 5.41) is 2.52. The lowest BCUT2D eigenvalue weighted by Crippen LogP contribution is -2.20. The van der Waals surface area contributed by atoms with Crippen LogP contribution in [0.5, 0.6) is 0 Å². The van der Waals surface area contributed by atoms with E-state index in [2.05, 4.69) is 5.32 Å². The molecule has 2 aromatic rings. The van der Waals surface area contributed by atoms with Crippen LogP contribution in [-0.4, -0.2) is 24.4 Å². The summed E-state index contributed by atoms with van der Waals surface area (Å²) >= 11 is 0. The van der Waals surface area contributed by atoms with Gasteiger partial charge in [0.2, 0.25) is 5.91 Å². The summed E-state index contributed by atoms with van der Waals surface area (Å²) in [7, 11) is 0. The zero-order chi connectivity index (χ0) is 15.2. The summed E-state index contributed by atoms with van der Waals surface area (Å²) in [6, 6.07) is 7.44. The zero-order valence-electron chi connectivity index (χ0n) is 10.9. The van der Waals surface area contributed by atoms with Crippen molar-refractivity contribution in [1.82, 2.24) is 0 Å². The van der Waals surface area contributed by atoms with Crippen molar-refractivity contribution in [1.29, 1.82) is 0 Å². The number of anilines is 1. The van der Waals surface area contributed by atoms with Crippen molar-refractivity contribution in [2.24, 2.45) is 5.73 Å². The minimum Gasteiger partial charge on any atom is -0.472 e. The van der Waals surface area contributed by atoms with Crippen LogP contribution in [0.1, 0.15) is 20.7 Å². The maximum atomic E-state index is 11.6. The highest BCUT2D eigenvalue weighted by Crippen LogP contribution is 2.09. The lowest BCUT2D eigenvalue weighted by molar-refractivity contribution is -0.119. The van der Waals surface area contributed by atoms with Gasteiger partial charge < -0.3 is 20.2 Å². The van der Waals surface area contributed by atoms with Crippen molar-refractivity contribution in [2.45, 2.75) is 0 Å². The highest BCUT2D eigenvalue weighted by molar-refractivity contribution is 5.96. The average molecular weight is 288 g/mol.